The van der Waals surface area contributed by atoms with Gasteiger partial charge in [-0.15, -0.1) is 10.2 Å². The minimum absolute atomic E-state index is 0.134. The van der Waals surface area contributed by atoms with Gasteiger partial charge < -0.3 is 5.32 Å². The second-order valence-electron chi connectivity index (χ2n) is 5.18. The Morgan fingerprint density at radius 2 is 1.89 bits per heavy atom. The number of benzene rings is 2. The van der Waals surface area contributed by atoms with Crippen molar-refractivity contribution in [2.24, 2.45) is 0 Å². The summed E-state index contributed by atoms with van der Waals surface area (Å²) in [5, 5.41) is 13.9. The van der Waals surface area contributed by atoms with Crippen LogP contribution in [0.15, 0.2) is 52.9 Å². The average Bonchev–Trinajstić information content (AvgIpc) is 3.09. The molecular weight excluding hydrogens is 411 g/mol. The predicted molar refractivity (Wildman–Crippen MR) is 105 cm³/mol. The van der Waals surface area contributed by atoms with Gasteiger partial charge in [0.15, 0.2) is 4.34 Å². The molecule has 0 saturated heterocycles. The van der Waals surface area contributed by atoms with Crippen molar-refractivity contribution in [3.8, 4) is 0 Å². The Morgan fingerprint density at radius 1 is 1.11 bits per heavy atom. The van der Waals surface area contributed by atoms with Gasteiger partial charge in [-0.2, -0.15) is 0 Å². The topological polar surface area (TPSA) is 84.0 Å². The molecule has 0 spiro atoms. The number of thioether (sulfide) groups is 1. The van der Waals surface area contributed by atoms with E-state index in [1.807, 2.05) is 0 Å². The molecule has 0 unspecified atom stereocenters. The number of nitrogens with zero attached hydrogens (tertiary/aromatic N) is 2. The number of carbonyl (C=O) groups excluding carboxylic acids is 2. The van der Waals surface area contributed by atoms with Crippen LogP contribution in [0, 0.1) is 5.82 Å². The van der Waals surface area contributed by atoms with Gasteiger partial charge in [0.25, 0.3) is 5.91 Å². The molecule has 0 aliphatic carbocycles. The van der Waals surface area contributed by atoms with Gasteiger partial charge in [-0.05, 0) is 42.5 Å². The van der Waals surface area contributed by atoms with Crippen molar-refractivity contribution in [1.29, 1.82) is 0 Å². The molecule has 0 aliphatic rings. The maximum absolute atomic E-state index is 13.2. The normalized spacial score (nSPS) is 10.4. The van der Waals surface area contributed by atoms with Crippen molar-refractivity contribution in [3.05, 3.63) is 64.9 Å². The third-order valence-electron chi connectivity index (χ3n) is 3.17. The van der Waals surface area contributed by atoms with E-state index in [0.29, 0.717) is 15.0 Å². The average molecular weight is 423 g/mol. The summed E-state index contributed by atoms with van der Waals surface area (Å²) in [6, 6.07) is 12.1. The first-order valence-electron chi connectivity index (χ1n) is 7.58. The van der Waals surface area contributed by atoms with E-state index >= 15 is 0 Å². The van der Waals surface area contributed by atoms with Crippen LogP contribution in [0.5, 0.6) is 0 Å². The second kappa shape index (κ2) is 8.94. The van der Waals surface area contributed by atoms with Crippen molar-refractivity contribution in [2.75, 3.05) is 16.4 Å². The quantitative estimate of drug-likeness (QED) is 0.456. The molecule has 0 fully saturated rings. The Morgan fingerprint density at radius 3 is 2.63 bits per heavy atom. The van der Waals surface area contributed by atoms with Gasteiger partial charge in [0.1, 0.15) is 5.82 Å². The van der Waals surface area contributed by atoms with Gasteiger partial charge >= 0.3 is 0 Å². The lowest BCUT2D eigenvalue weighted by Crippen LogP contribution is -2.13. The summed E-state index contributed by atoms with van der Waals surface area (Å²) in [5.74, 6) is -1.05. The molecule has 0 radical (unpaired) electrons. The van der Waals surface area contributed by atoms with Crippen LogP contribution in [0.2, 0.25) is 5.02 Å². The molecule has 6 nitrogen and oxygen atoms in total. The molecule has 10 heteroatoms. The summed E-state index contributed by atoms with van der Waals surface area (Å²) in [5.41, 5.74) is 0.826. The number of hydrogen-bond donors (Lipinski definition) is 2. The zero-order valence-corrected chi connectivity index (χ0v) is 16.0. The van der Waals surface area contributed by atoms with E-state index in [9.17, 15) is 14.0 Å². The molecular formula is C17H12ClFN4O2S2. The fraction of sp³-hybridized carbons (Fsp3) is 0.0588. The van der Waals surface area contributed by atoms with E-state index in [1.54, 1.807) is 24.3 Å². The number of halogens is 2. The molecule has 1 heterocycles. The van der Waals surface area contributed by atoms with Crippen molar-refractivity contribution in [2.45, 2.75) is 4.34 Å². The van der Waals surface area contributed by atoms with Crippen LogP contribution in [0.3, 0.4) is 0 Å². The second-order valence-corrected chi connectivity index (χ2v) is 7.82. The largest absolute Gasteiger partial charge is 0.325 e. The predicted octanol–water partition coefficient (Wildman–Crippen LogP) is 4.31. The molecule has 0 saturated carbocycles. The Kier molecular flexibility index (Phi) is 6.38. The highest BCUT2D eigenvalue weighted by Gasteiger charge is 2.12. The van der Waals surface area contributed by atoms with Gasteiger partial charge in [-0.3, -0.25) is 14.9 Å². The Bertz CT molecular complexity index is 966. The first kappa shape index (κ1) is 19.3. The van der Waals surface area contributed by atoms with Crippen molar-refractivity contribution in [1.82, 2.24) is 10.2 Å². The minimum Gasteiger partial charge on any atom is -0.325 e. The molecule has 0 bridgehead atoms. The summed E-state index contributed by atoms with van der Waals surface area (Å²) >= 11 is 8.12. The maximum Gasteiger partial charge on any atom is 0.257 e. The molecule has 0 aliphatic heterocycles. The first-order chi connectivity index (χ1) is 13.0. The standard InChI is InChI=1S/C17H12ClFN4O2S2/c18-11-4-6-13(7-5-11)20-14(24)9-26-17-23-22-16(27-17)21-15(25)10-2-1-3-12(19)8-10/h1-8H,9H2,(H,20,24)(H,21,22,25). The molecule has 2 amide bonds. The number of aromatic nitrogens is 2. The molecule has 138 valence electrons. The van der Waals surface area contributed by atoms with E-state index in [-0.39, 0.29) is 22.4 Å². The van der Waals surface area contributed by atoms with E-state index in [0.717, 1.165) is 17.4 Å². The van der Waals surface area contributed by atoms with E-state index < -0.39 is 11.7 Å². The zero-order chi connectivity index (χ0) is 19.2. The summed E-state index contributed by atoms with van der Waals surface area (Å²) in [4.78, 5) is 24.0. The fourth-order valence-electron chi connectivity index (χ4n) is 1.98. The molecule has 3 aromatic rings. The SMILES string of the molecule is O=C(CSc1nnc(NC(=O)c2cccc(F)c2)s1)Nc1ccc(Cl)cc1. The van der Waals surface area contributed by atoms with Crippen LogP contribution in [0.25, 0.3) is 0 Å². The number of nitrogens with one attached hydrogen (secondary N) is 2. The van der Waals surface area contributed by atoms with Crippen LogP contribution >= 0.6 is 34.7 Å². The lowest BCUT2D eigenvalue weighted by atomic mass is 10.2. The highest BCUT2D eigenvalue weighted by Crippen LogP contribution is 2.26. The highest BCUT2D eigenvalue weighted by molar-refractivity contribution is 8.01. The smallest absolute Gasteiger partial charge is 0.257 e. The van der Waals surface area contributed by atoms with E-state index in [2.05, 4.69) is 20.8 Å². The van der Waals surface area contributed by atoms with Crippen LogP contribution in [-0.4, -0.2) is 27.8 Å². The highest BCUT2D eigenvalue weighted by atomic mass is 35.5. The minimum atomic E-state index is -0.497. The molecule has 3 rings (SSSR count). The molecule has 2 aromatic carbocycles. The van der Waals surface area contributed by atoms with E-state index in [1.165, 1.54) is 30.0 Å². The third kappa shape index (κ3) is 5.75. The van der Waals surface area contributed by atoms with Crippen LogP contribution < -0.4 is 10.6 Å². The number of hydrogen-bond acceptors (Lipinski definition) is 6. The third-order valence-corrected chi connectivity index (χ3v) is 5.39. The zero-order valence-electron chi connectivity index (χ0n) is 13.6. The summed E-state index contributed by atoms with van der Waals surface area (Å²) in [6.45, 7) is 0. The van der Waals surface area contributed by atoms with Crippen molar-refractivity contribution in [3.63, 3.8) is 0 Å². The van der Waals surface area contributed by atoms with Gasteiger partial charge in [-0.1, -0.05) is 40.8 Å². The number of carbonyl (C=O) groups is 2. The van der Waals surface area contributed by atoms with Gasteiger partial charge in [0, 0.05) is 16.3 Å². The summed E-state index contributed by atoms with van der Waals surface area (Å²) in [6.07, 6.45) is 0. The van der Waals surface area contributed by atoms with Crippen molar-refractivity contribution >= 4 is 57.3 Å². The Hall–Kier alpha value is -2.49. The number of rotatable bonds is 6. The summed E-state index contributed by atoms with van der Waals surface area (Å²) < 4.78 is 13.7. The lowest BCUT2D eigenvalue weighted by molar-refractivity contribution is -0.113. The molecule has 1 aromatic heterocycles. The monoisotopic (exact) mass is 422 g/mol. The molecule has 0 atom stereocenters. The fourth-order valence-corrected chi connectivity index (χ4v) is 3.65. The first-order valence-corrected chi connectivity index (χ1v) is 9.76. The van der Waals surface area contributed by atoms with Crippen LogP contribution in [-0.2, 0) is 4.79 Å². The Balaban J connectivity index is 1.51. The molecule has 27 heavy (non-hydrogen) atoms. The van der Waals surface area contributed by atoms with Crippen LogP contribution in [0.4, 0.5) is 15.2 Å². The maximum atomic E-state index is 13.2. The van der Waals surface area contributed by atoms with Crippen LogP contribution in [0.1, 0.15) is 10.4 Å². The summed E-state index contributed by atoms with van der Waals surface area (Å²) in [7, 11) is 0. The molecule has 2 N–H and O–H groups in total. The van der Waals surface area contributed by atoms with Crippen molar-refractivity contribution < 1.29 is 14.0 Å². The van der Waals surface area contributed by atoms with Gasteiger partial charge in [-0.25, -0.2) is 4.39 Å². The Labute approximate surface area is 167 Å². The lowest BCUT2D eigenvalue weighted by Gasteiger charge is -2.03. The van der Waals surface area contributed by atoms with Gasteiger partial charge in [0.2, 0.25) is 11.0 Å². The van der Waals surface area contributed by atoms with E-state index in [4.69, 9.17) is 11.6 Å². The number of amides is 2. The number of anilines is 2. The van der Waals surface area contributed by atoms with Gasteiger partial charge in [0.05, 0.1) is 5.75 Å².